The predicted octanol–water partition coefficient (Wildman–Crippen LogP) is 3.87. The van der Waals surface area contributed by atoms with Gasteiger partial charge in [-0.15, -0.1) is 0 Å². The summed E-state index contributed by atoms with van der Waals surface area (Å²) in [6.45, 7) is 5.46. The summed E-state index contributed by atoms with van der Waals surface area (Å²) in [6, 6.07) is 18.0. The minimum absolute atomic E-state index is 0.154. The zero-order valence-corrected chi connectivity index (χ0v) is 15.4. The second-order valence-corrected chi connectivity index (χ2v) is 6.98. The van der Waals surface area contributed by atoms with Crippen LogP contribution in [0.25, 0.3) is 0 Å². The normalized spacial score (nSPS) is 12.1. The van der Waals surface area contributed by atoms with Crippen molar-refractivity contribution in [2.45, 2.75) is 45.4 Å². The van der Waals surface area contributed by atoms with Gasteiger partial charge in [0.25, 0.3) is 0 Å². The van der Waals surface area contributed by atoms with Crippen LogP contribution >= 0.6 is 0 Å². The van der Waals surface area contributed by atoms with Crippen molar-refractivity contribution in [2.75, 3.05) is 0 Å². The molecular weight excluding hydrogens is 330 g/mol. The van der Waals surface area contributed by atoms with E-state index in [-0.39, 0.29) is 6.61 Å². The number of hydrogen-bond acceptors (Lipinski definition) is 4. The molecule has 0 spiro atoms. The Bertz CT molecular complexity index is 708. The fraction of sp³-hybridized carbons (Fsp3) is 0.333. The van der Waals surface area contributed by atoms with Gasteiger partial charge in [0.2, 0.25) is 0 Å². The molecule has 138 valence electrons. The van der Waals surface area contributed by atoms with Gasteiger partial charge in [-0.05, 0) is 31.9 Å². The number of rotatable bonds is 6. The molecule has 1 amide bonds. The van der Waals surface area contributed by atoms with E-state index in [0.717, 1.165) is 11.1 Å². The largest absolute Gasteiger partial charge is 0.459 e. The summed E-state index contributed by atoms with van der Waals surface area (Å²) in [5.74, 6) is -0.497. The average Bonchev–Trinajstić information content (AvgIpc) is 2.59. The van der Waals surface area contributed by atoms with Gasteiger partial charge in [-0.2, -0.15) is 0 Å². The van der Waals surface area contributed by atoms with Crippen LogP contribution in [0.4, 0.5) is 4.79 Å². The number of carbonyl (C=O) groups excluding carboxylic acids is 2. The Labute approximate surface area is 154 Å². The van der Waals surface area contributed by atoms with E-state index < -0.39 is 23.7 Å². The maximum atomic E-state index is 12.5. The zero-order valence-electron chi connectivity index (χ0n) is 15.4. The van der Waals surface area contributed by atoms with Gasteiger partial charge in [0, 0.05) is 6.42 Å². The lowest BCUT2D eigenvalue weighted by Crippen LogP contribution is -2.45. The fourth-order valence-electron chi connectivity index (χ4n) is 2.32. The lowest BCUT2D eigenvalue weighted by molar-refractivity contribution is -0.147. The van der Waals surface area contributed by atoms with Crippen LogP contribution in [-0.4, -0.2) is 23.7 Å². The third kappa shape index (κ3) is 6.97. The number of hydrogen-bond donors (Lipinski definition) is 1. The smallest absolute Gasteiger partial charge is 0.408 e. The summed E-state index contributed by atoms with van der Waals surface area (Å²) in [4.78, 5) is 24.6. The van der Waals surface area contributed by atoms with Gasteiger partial charge in [0.05, 0.1) is 0 Å². The van der Waals surface area contributed by atoms with Gasteiger partial charge in [-0.3, -0.25) is 0 Å². The Morgan fingerprint density at radius 2 is 1.46 bits per heavy atom. The van der Waals surface area contributed by atoms with Crippen molar-refractivity contribution in [2.24, 2.45) is 0 Å². The fourth-order valence-corrected chi connectivity index (χ4v) is 2.32. The Kier molecular flexibility index (Phi) is 6.78. The van der Waals surface area contributed by atoms with E-state index in [1.165, 1.54) is 0 Å². The number of nitrogens with one attached hydrogen (secondary N) is 1. The first-order valence-corrected chi connectivity index (χ1v) is 8.57. The number of amides is 1. The maximum absolute atomic E-state index is 12.5. The quantitative estimate of drug-likeness (QED) is 0.799. The summed E-state index contributed by atoms with van der Waals surface area (Å²) in [5, 5.41) is 2.62. The molecule has 2 rings (SSSR count). The second-order valence-electron chi connectivity index (χ2n) is 6.98. The molecule has 0 aromatic heterocycles. The van der Waals surface area contributed by atoms with Crippen molar-refractivity contribution in [3.8, 4) is 0 Å². The predicted molar refractivity (Wildman–Crippen MR) is 99.5 cm³/mol. The van der Waals surface area contributed by atoms with E-state index in [9.17, 15) is 9.59 Å². The molecule has 0 unspecified atom stereocenters. The van der Waals surface area contributed by atoms with Crippen LogP contribution in [0, 0.1) is 0 Å². The number of carbonyl (C=O) groups is 2. The van der Waals surface area contributed by atoms with Crippen LogP contribution in [0.15, 0.2) is 60.7 Å². The molecule has 0 aliphatic carbocycles. The third-order valence-corrected chi connectivity index (χ3v) is 3.48. The molecule has 0 aliphatic rings. The summed E-state index contributed by atoms with van der Waals surface area (Å²) >= 11 is 0. The molecule has 5 heteroatoms. The van der Waals surface area contributed by atoms with E-state index in [4.69, 9.17) is 9.47 Å². The van der Waals surface area contributed by atoms with Gasteiger partial charge < -0.3 is 14.8 Å². The average molecular weight is 355 g/mol. The van der Waals surface area contributed by atoms with Crippen molar-refractivity contribution in [3.05, 3.63) is 71.8 Å². The monoisotopic (exact) mass is 355 g/mol. The van der Waals surface area contributed by atoms with E-state index in [1.807, 2.05) is 60.7 Å². The van der Waals surface area contributed by atoms with Gasteiger partial charge >= 0.3 is 12.1 Å². The standard InChI is InChI=1S/C21H25NO4/c1-21(2,3)26-20(24)22-18(14-16-10-6-4-7-11-16)19(23)25-15-17-12-8-5-9-13-17/h4-13,18H,14-15H2,1-3H3,(H,22,24)/t18-/m1/s1. The van der Waals surface area contributed by atoms with Crippen molar-refractivity contribution in [3.63, 3.8) is 0 Å². The summed E-state index contributed by atoms with van der Waals surface area (Å²) in [5.41, 5.74) is 1.16. The van der Waals surface area contributed by atoms with Crippen molar-refractivity contribution in [1.82, 2.24) is 5.32 Å². The first-order valence-electron chi connectivity index (χ1n) is 8.57. The molecule has 26 heavy (non-hydrogen) atoms. The van der Waals surface area contributed by atoms with Gasteiger partial charge in [0.15, 0.2) is 0 Å². The number of alkyl carbamates (subject to hydrolysis) is 1. The summed E-state index contributed by atoms with van der Waals surface area (Å²) in [6.07, 6.45) is -0.316. The summed E-state index contributed by atoms with van der Waals surface area (Å²) < 4.78 is 10.6. The Balaban J connectivity index is 2.03. The van der Waals surface area contributed by atoms with Gasteiger partial charge in [0.1, 0.15) is 18.2 Å². The molecule has 0 radical (unpaired) electrons. The third-order valence-electron chi connectivity index (χ3n) is 3.48. The lowest BCUT2D eigenvalue weighted by atomic mass is 10.1. The molecule has 1 atom stereocenters. The van der Waals surface area contributed by atoms with Crippen LogP contribution in [-0.2, 0) is 27.3 Å². The highest BCUT2D eigenvalue weighted by Gasteiger charge is 2.26. The lowest BCUT2D eigenvalue weighted by Gasteiger charge is -2.23. The molecule has 0 fully saturated rings. The highest BCUT2D eigenvalue weighted by Crippen LogP contribution is 2.10. The van der Waals surface area contributed by atoms with Crippen molar-refractivity contribution >= 4 is 12.1 Å². The second kappa shape index (κ2) is 9.04. The highest BCUT2D eigenvalue weighted by atomic mass is 16.6. The zero-order chi connectivity index (χ0) is 19.0. The van der Waals surface area contributed by atoms with E-state index >= 15 is 0 Å². The highest BCUT2D eigenvalue weighted by molar-refractivity contribution is 5.81. The number of esters is 1. The molecule has 0 heterocycles. The van der Waals surface area contributed by atoms with Crippen molar-refractivity contribution in [1.29, 1.82) is 0 Å². The van der Waals surface area contributed by atoms with Crippen molar-refractivity contribution < 1.29 is 19.1 Å². The maximum Gasteiger partial charge on any atom is 0.408 e. The number of benzene rings is 2. The topological polar surface area (TPSA) is 64.6 Å². The molecule has 2 aromatic carbocycles. The molecule has 5 nitrogen and oxygen atoms in total. The molecule has 2 aromatic rings. The molecule has 0 saturated carbocycles. The minimum Gasteiger partial charge on any atom is -0.459 e. The minimum atomic E-state index is -0.823. The van der Waals surface area contributed by atoms with Gasteiger partial charge in [-0.1, -0.05) is 60.7 Å². The van der Waals surface area contributed by atoms with Crippen LogP contribution < -0.4 is 5.32 Å². The molecule has 0 aliphatic heterocycles. The van der Waals surface area contributed by atoms with Crippen LogP contribution in [0.1, 0.15) is 31.9 Å². The SMILES string of the molecule is CC(C)(C)OC(=O)N[C@H](Cc1ccccc1)C(=O)OCc1ccccc1. The Morgan fingerprint density at radius 1 is 0.923 bits per heavy atom. The Morgan fingerprint density at radius 3 is 2.00 bits per heavy atom. The molecule has 1 N–H and O–H groups in total. The van der Waals surface area contributed by atoms with Crippen LogP contribution in [0.2, 0.25) is 0 Å². The van der Waals surface area contributed by atoms with Gasteiger partial charge in [-0.25, -0.2) is 9.59 Å². The first kappa shape index (κ1) is 19.5. The first-order chi connectivity index (χ1) is 12.3. The van der Waals surface area contributed by atoms with Crippen LogP contribution in [0.5, 0.6) is 0 Å². The Hall–Kier alpha value is -2.82. The molecular formula is C21H25NO4. The molecule has 0 bridgehead atoms. The molecule has 0 saturated heterocycles. The van der Waals surface area contributed by atoms with E-state index in [2.05, 4.69) is 5.32 Å². The van der Waals surface area contributed by atoms with E-state index in [0.29, 0.717) is 6.42 Å². The van der Waals surface area contributed by atoms with E-state index in [1.54, 1.807) is 20.8 Å². The number of ether oxygens (including phenoxy) is 2. The van der Waals surface area contributed by atoms with Crippen LogP contribution in [0.3, 0.4) is 0 Å². The summed E-state index contributed by atoms with van der Waals surface area (Å²) in [7, 11) is 0.